The van der Waals surface area contributed by atoms with Crippen LogP contribution in [0.25, 0.3) is 0 Å². The van der Waals surface area contributed by atoms with Gasteiger partial charge in [-0.1, -0.05) is 18.2 Å². The minimum atomic E-state index is -1.07. The van der Waals surface area contributed by atoms with E-state index < -0.39 is 11.9 Å². The molecule has 3 N–H and O–H groups in total. The summed E-state index contributed by atoms with van der Waals surface area (Å²) in [5.41, 5.74) is 0.166. The number of benzene rings is 1. The van der Waals surface area contributed by atoms with E-state index in [0.717, 1.165) is 12.8 Å². The van der Waals surface area contributed by atoms with E-state index >= 15 is 0 Å². The van der Waals surface area contributed by atoms with Crippen LogP contribution in [0.1, 0.15) is 37.4 Å². The third-order valence-electron chi connectivity index (χ3n) is 3.58. The number of amides is 2. The average Bonchev–Trinajstić information content (AvgIpc) is 3.34. The molecule has 2 rings (SSSR count). The molecule has 1 aliphatic rings. The molecule has 1 fully saturated rings. The van der Waals surface area contributed by atoms with E-state index in [1.807, 2.05) is 0 Å². The Labute approximate surface area is 128 Å². The third kappa shape index (κ3) is 5.11. The summed E-state index contributed by atoms with van der Waals surface area (Å²) < 4.78 is 13.4. The number of hydrogen-bond acceptors (Lipinski definition) is 3. The van der Waals surface area contributed by atoms with Gasteiger partial charge in [-0.05, 0) is 25.3 Å². The summed E-state index contributed by atoms with van der Waals surface area (Å²) in [7, 11) is 0. The van der Waals surface area contributed by atoms with Gasteiger partial charge in [0.15, 0.2) is 0 Å². The van der Waals surface area contributed by atoms with E-state index in [2.05, 4.69) is 10.6 Å². The first kappa shape index (κ1) is 16.4. The van der Waals surface area contributed by atoms with Crippen molar-refractivity contribution < 1.29 is 19.1 Å². The van der Waals surface area contributed by atoms with E-state index in [4.69, 9.17) is 0 Å². The Morgan fingerprint density at radius 3 is 2.68 bits per heavy atom. The SMILES string of the molecule is O=C(CCCNC(=O)C1CC1)NCC(O)c1ccccc1F. The molecule has 1 aromatic rings. The number of hydrogen-bond donors (Lipinski definition) is 3. The van der Waals surface area contributed by atoms with Crippen molar-refractivity contribution >= 4 is 11.8 Å². The van der Waals surface area contributed by atoms with Crippen LogP contribution in [0.3, 0.4) is 0 Å². The predicted octanol–water partition coefficient (Wildman–Crippen LogP) is 1.28. The third-order valence-corrected chi connectivity index (χ3v) is 3.58. The van der Waals surface area contributed by atoms with Crippen LogP contribution in [0.5, 0.6) is 0 Å². The van der Waals surface area contributed by atoms with Crippen LogP contribution in [-0.4, -0.2) is 30.0 Å². The molecule has 22 heavy (non-hydrogen) atoms. The number of halogens is 1. The van der Waals surface area contributed by atoms with Crippen molar-refractivity contribution in [3.8, 4) is 0 Å². The number of carbonyl (C=O) groups excluding carboxylic acids is 2. The second kappa shape index (κ2) is 7.89. The molecule has 0 aliphatic heterocycles. The summed E-state index contributed by atoms with van der Waals surface area (Å²) in [6.45, 7) is 0.437. The van der Waals surface area contributed by atoms with Crippen molar-refractivity contribution in [3.05, 3.63) is 35.6 Å². The van der Waals surface area contributed by atoms with Gasteiger partial charge in [-0.2, -0.15) is 0 Å². The molecule has 0 radical (unpaired) electrons. The zero-order valence-corrected chi connectivity index (χ0v) is 12.3. The van der Waals surface area contributed by atoms with E-state index in [1.165, 1.54) is 12.1 Å². The van der Waals surface area contributed by atoms with E-state index in [9.17, 15) is 19.1 Å². The van der Waals surface area contributed by atoms with Crippen LogP contribution in [0.4, 0.5) is 4.39 Å². The van der Waals surface area contributed by atoms with E-state index in [-0.39, 0.29) is 36.3 Å². The van der Waals surface area contributed by atoms with Gasteiger partial charge in [-0.15, -0.1) is 0 Å². The first-order valence-electron chi connectivity index (χ1n) is 7.55. The van der Waals surface area contributed by atoms with Gasteiger partial charge in [0.25, 0.3) is 0 Å². The lowest BCUT2D eigenvalue weighted by atomic mass is 10.1. The highest BCUT2D eigenvalue weighted by atomic mass is 19.1. The molecule has 6 heteroatoms. The predicted molar refractivity (Wildman–Crippen MR) is 79.3 cm³/mol. The molecule has 1 aliphatic carbocycles. The number of rotatable bonds is 8. The monoisotopic (exact) mass is 308 g/mol. The molecule has 5 nitrogen and oxygen atoms in total. The van der Waals surface area contributed by atoms with Crippen LogP contribution in [0.2, 0.25) is 0 Å². The Hall–Kier alpha value is -1.95. The van der Waals surface area contributed by atoms with E-state index in [1.54, 1.807) is 12.1 Å². The maximum Gasteiger partial charge on any atom is 0.223 e. The topological polar surface area (TPSA) is 78.4 Å². The fraction of sp³-hybridized carbons (Fsp3) is 0.500. The second-order valence-corrected chi connectivity index (χ2v) is 5.51. The highest BCUT2D eigenvalue weighted by Crippen LogP contribution is 2.28. The van der Waals surface area contributed by atoms with Crippen LogP contribution in [0, 0.1) is 11.7 Å². The largest absolute Gasteiger partial charge is 0.386 e. The van der Waals surface area contributed by atoms with Gasteiger partial charge in [-0.25, -0.2) is 4.39 Å². The Balaban J connectivity index is 1.60. The molecule has 0 bridgehead atoms. The zero-order valence-electron chi connectivity index (χ0n) is 12.3. The molecule has 1 unspecified atom stereocenters. The standard InChI is InChI=1S/C16H21FN2O3/c17-13-5-2-1-4-12(13)14(20)10-19-15(21)6-3-9-18-16(22)11-7-8-11/h1-2,4-5,11,14,20H,3,6-10H2,(H,18,22)(H,19,21). The zero-order chi connectivity index (χ0) is 15.9. The molecule has 1 aromatic carbocycles. The van der Waals surface area contributed by atoms with Gasteiger partial charge in [-0.3, -0.25) is 9.59 Å². The lowest BCUT2D eigenvalue weighted by Gasteiger charge is -2.13. The molecule has 0 saturated heterocycles. The van der Waals surface area contributed by atoms with Crippen LogP contribution in [-0.2, 0) is 9.59 Å². The summed E-state index contributed by atoms with van der Waals surface area (Å²) in [5, 5.41) is 15.2. The number of aliphatic hydroxyl groups is 1. The molecule has 1 saturated carbocycles. The fourth-order valence-electron chi connectivity index (χ4n) is 2.10. The minimum Gasteiger partial charge on any atom is -0.386 e. The van der Waals surface area contributed by atoms with Crippen molar-refractivity contribution in [2.45, 2.75) is 31.8 Å². The molecule has 0 aromatic heterocycles. The summed E-state index contributed by atoms with van der Waals surface area (Å²) in [6.07, 6.45) is 1.65. The van der Waals surface area contributed by atoms with Gasteiger partial charge >= 0.3 is 0 Å². The van der Waals surface area contributed by atoms with Gasteiger partial charge in [0, 0.05) is 31.0 Å². The molecule has 0 heterocycles. The maximum atomic E-state index is 13.4. The molecule has 2 amide bonds. The number of carbonyl (C=O) groups is 2. The Bertz CT molecular complexity index is 532. The van der Waals surface area contributed by atoms with Crippen molar-refractivity contribution in [3.63, 3.8) is 0 Å². The highest BCUT2D eigenvalue weighted by Gasteiger charge is 2.28. The normalized spacial score (nSPS) is 15.2. The molecule has 0 spiro atoms. The lowest BCUT2D eigenvalue weighted by Crippen LogP contribution is -2.30. The van der Waals surface area contributed by atoms with Gasteiger partial charge in [0.1, 0.15) is 5.82 Å². The van der Waals surface area contributed by atoms with Crippen LogP contribution < -0.4 is 10.6 Å². The van der Waals surface area contributed by atoms with Gasteiger partial charge in [0.05, 0.1) is 6.10 Å². The number of nitrogens with one attached hydrogen (secondary N) is 2. The van der Waals surface area contributed by atoms with Crippen molar-refractivity contribution in [2.24, 2.45) is 5.92 Å². The quantitative estimate of drug-likeness (QED) is 0.633. The van der Waals surface area contributed by atoms with Crippen molar-refractivity contribution in [1.82, 2.24) is 10.6 Å². The Morgan fingerprint density at radius 2 is 2.00 bits per heavy atom. The first-order valence-corrected chi connectivity index (χ1v) is 7.55. The molecule has 120 valence electrons. The summed E-state index contributed by atoms with van der Waals surface area (Å²) >= 11 is 0. The van der Waals surface area contributed by atoms with Crippen molar-refractivity contribution in [2.75, 3.05) is 13.1 Å². The van der Waals surface area contributed by atoms with E-state index in [0.29, 0.717) is 13.0 Å². The lowest BCUT2D eigenvalue weighted by molar-refractivity contribution is -0.123. The molecule has 1 atom stereocenters. The smallest absolute Gasteiger partial charge is 0.223 e. The summed E-state index contributed by atoms with van der Waals surface area (Å²) in [5.74, 6) is -0.483. The maximum absolute atomic E-state index is 13.4. The summed E-state index contributed by atoms with van der Waals surface area (Å²) in [4.78, 5) is 23.0. The Morgan fingerprint density at radius 1 is 1.27 bits per heavy atom. The van der Waals surface area contributed by atoms with Crippen LogP contribution >= 0.6 is 0 Å². The average molecular weight is 308 g/mol. The van der Waals surface area contributed by atoms with Crippen molar-refractivity contribution in [1.29, 1.82) is 0 Å². The van der Waals surface area contributed by atoms with Gasteiger partial charge < -0.3 is 15.7 Å². The Kier molecular flexibility index (Phi) is 5.89. The van der Waals surface area contributed by atoms with Gasteiger partial charge in [0.2, 0.25) is 11.8 Å². The molecular formula is C16H21FN2O3. The summed E-state index contributed by atoms with van der Waals surface area (Å²) in [6, 6.07) is 5.93. The second-order valence-electron chi connectivity index (χ2n) is 5.51. The molecular weight excluding hydrogens is 287 g/mol. The highest BCUT2D eigenvalue weighted by molar-refractivity contribution is 5.81. The fourth-order valence-corrected chi connectivity index (χ4v) is 2.10. The minimum absolute atomic E-state index is 0.0335. The first-order chi connectivity index (χ1) is 10.6. The van der Waals surface area contributed by atoms with Crippen LogP contribution in [0.15, 0.2) is 24.3 Å². The number of aliphatic hydroxyl groups excluding tert-OH is 1.